The molecule has 1 aliphatic heterocycles. The number of nitrogens with one attached hydrogen (secondary N) is 1. The van der Waals surface area contributed by atoms with Gasteiger partial charge in [-0.3, -0.25) is 9.69 Å². The largest absolute Gasteiger partial charge is 0.464 e. The van der Waals surface area contributed by atoms with Crippen LogP contribution in [0.2, 0.25) is 5.02 Å². The zero-order chi connectivity index (χ0) is 24.1. The van der Waals surface area contributed by atoms with Crippen LogP contribution in [0.1, 0.15) is 39.6 Å². The lowest BCUT2D eigenvalue weighted by Gasteiger charge is -2.24. The summed E-state index contributed by atoms with van der Waals surface area (Å²) in [5.74, 6) is -0.553. The molecule has 0 bridgehead atoms. The van der Waals surface area contributed by atoms with Crippen molar-refractivity contribution in [1.82, 2.24) is 25.2 Å². The number of benzene rings is 2. The number of rotatable bonds is 8. The van der Waals surface area contributed by atoms with Gasteiger partial charge in [0.1, 0.15) is 0 Å². The van der Waals surface area contributed by atoms with Crippen LogP contribution in [-0.2, 0) is 22.5 Å². The third-order valence-corrected chi connectivity index (χ3v) is 6.43. The fourth-order valence-corrected chi connectivity index (χ4v) is 4.53. The number of esters is 1. The number of nitrogens with zero attached hydrogens (tertiary/aromatic N) is 4. The summed E-state index contributed by atoms with van der Waals surface area (Å²) in [5.41, 5.74) is 3.59. The minimum atomic E-state index is -0.531. The maximum Gasteiger partial charge on any atom is 0.360 e. The van der Waals surface area contributed by atoms with Gasteiger partial charge in [0, 0.05) is 24.7 Å². The average Bonchev–Trinajstić information content (AvgIpc) is 3.48. The SMILES string of the molecule is COC(=O)c1cn([C@@H]2C[C@@H](C(=O)NCCc3cccc(Cl)c3)N(Cc3ccccc3C)C2)nn1. The number of hydrogen-bond acceptors (Lipinski definition) is 6. The molecule has 2 aromatic carbocycles. The first-order valence-corrected chi connectivity index (χ1v) is 11.6. The Morgan fingerprint density at radius 1 is 1.21 bits per heavy atom. The van der Waals surface area contributed by atoms with Crippen molar-refractivity contribution in [3.63, 3.8) is 0 Å². The number of carbonyl (C=O) groups is 2. The summed E-state index contributed by atoms with van der Waals surface area (Å²) in [6.07, 6.45) is 2.85. The molecule has 1 N–H and O–H groups in total. The molecule has 0 radical (unpaired) electrons. The zero-order valence-corrected chi connectivity index (χ0v) is 20.0. The summed E-state index contributed by atoms with van der Waals surface area (Å²) in [5, 5.41) is 11.8. The highest BCUT2D eigenvalue weighted by atomic mass is 35.5. The fraction of sp³-hybridized carbons (Fsp3) is 0.360. The lowest BCUT2D eigenvalue weighted by molar-refractivity contribution is -0.125. The molecule has 8 nitrogen and oxygen atoms in total. The van der Waals surface area contributed by atoms with E-state index in [-0.39, 0.29) is 23.7 Å². The van der Waals surface area contributed by atoms with Gasteiger partial charge in [-0.25, -0.2) is 9.48 Å². The summed E-state index contributed by atoms with van der Waals surface area (Å²) in [7, 11) is 1.31. The van der Waals surface area contributed by atoms with E-state index in [0.29, 0.717) is 37.5 Å². The Labute approximate surface area is 203 Å². The molecule has 1 aromatic heterocycles. The number of hydrogen-bond donors (Lipinski definition) is 1. The summed E-state index contributed by atoms with van der Waals surface area (Å²) in [6.45, 7) is 3.86. The molecule has 9 heteroatoms. The lowest BCUT2D eigenvalue weighted by atomic mass is 10.1. The molecule has 1 fully saturated rings. The van der Waals surface area contributed by atoms with Crippen LogP contribution in [-0.4, -0.2) is 58.0 Å². The molecular formula is C25H28ClN5O3. The molecular weight excluding hydrogens is 454 g/mol. The highest BCUT2D eigenvalue weighted by Crippen LogP contribution is 2.29. The van der Waals surface area contributed by atoms with E-state index in [2.05, 4.69) is 39.6 Å². The first kappa shape index (κ1) is 23.9. The van der Waals surface area contributed by atoms with Crippen LogP contribution >= 0.6 is 11.6 Å². The number of methoxy groups -OCH3 is 1. The van der Waals surface area contributed by atoms with Crippen LogP contribution in [0, 0.1) is 6.92 Å². The summed E-state index contributed by atoms with van der Waals surface area (Å²) in [6, 6.07) is 15.4. The van der Waals surface area contributed by atoms with Crippen LogP contribution in [0.25, 0.3) is 0 Å². The molecule has 2 heterocycles. The van der Waals surface area contributed by atoms with E-state index in [1.54, 1.807) is 10.9 Å². The number of aromatic nitrogens is 3. The average molecular weight is 482 g/mol. The first-order valence-electron chi connectivity index (χ1n) is 11.3. The molecule has 1 saturated heterocycles. The van der Waals surface area contributed by atoms with Gasteiger partial charge in [0.2, 0.25) is 5.91 Å². The van der Waals surface area contributed by atoms with Crippen molar-refractivity contribution in [2.75, 3.05) is 20.2 Å². The Balaban J connectivity index is 1.47. The number of likely N-dealkylation sites (tertiary alicyclic amines) is 1. The Bertz CT molecular complexity index is 1160. The smallest absolute Gasteiger partial charge is 0.360 e. The first-order chi connectivity index (χ1) is 16.4. The van der Waals surface area contributed by atoms with Gasteiger partial charge in [-0.2, -0.15) is 0 Å². The van der Waals surface area contributed by atoms with Crippen molar-refractivity contribution in [3.05, 3.63) is 82.1 Å². The third-order valence-electron chi connectivity index (χ3n) is 6.20. The summed E-state index contributed by atoms with van der Waals surface area (Å²) >= 11 is 6.07. The predicted octanol–water partition coefficient (Wildman–Crippen LogP) is 3.20. The maximum atomic E-state index is 13.2. The van der Waals surface area contributed by atoms with Crippen molar-refractivity contribution in [1.29, 1.82) is 0 Å². The van der Waals surface area contributed by atoms with E-state index in [4.69, 9.17) is 16.3 Å². The van der Waals surface area contributed by atoms with Crippen LogP contribution in [0.15, 0.2) is 54.7 Å². The monoisotopic (exact) mass is 481 g/mol. The Morgan fingerprint density at radius 3 is 2.79 bits per heavy atom. The van der Waals surface area contributed by atoms with Crippen LogP contribution in [0.3, 0.4) is 0 Å². The van der Waals surface area contributed by atoms with Gasteiger partial charge in [-0.1, -0.05) is 53.2 Å². The van der Waals surface area contributed by atoms with Crippen LogP contribution in [0.5, 0.6) is 0 Å². The normalized spacial score (nSPS) is 18.1. The molecule has 0 aliphatic carbocycles. The molecule has 34 heavy (non-hydrogen) atoms. The third kappa shape index (κ3) is 5.63. The second-order valence-electron chi connectivity index (χ2n) is 8.51. The molecule has 4 rings (SSSR count). The predicted molar refractivity (Wildman–Crippen MR) is 129 cm³/mol. The van der Waals surface area contributed by atoms with E-state index >= 15 is 0 Å². The van der Waals surface area contributed by atoms with Crippen molar-refractivity contribution in [2.45, 2.75) is 38.4 Å². The highest BCUT2D eigenvalue weighted by molar-refractivity contribution is 6.30. The van der Waals surface area contributed by atoms with Gasteiger partial charge in [-0.05, 0) is 48.6 Å². The van der Waals surface area contributed by atoms with E-state index < -0.39 is 5.97 Å². The molecule has 0 spiro atoms. The highest BCUT2D eigenvalue weighted by Gasteiger charge is 2.38. The number of carbonyl (C=O) groups excluding carboxylic acids is 2. The fourth-order valence-electron chi connectivity index (χ4n) is 4.32. The number of ether oxygens (including phenoxy) is 1. The van der Waals surface area contributed by atoms with E-state index in [1.807, 2.05) is 36.4 Å². The molecule has 178 valence electrons. The van der Waals surface area contributed by atoms with Gasteiger partial charge in [0.05, 0.1) is 25.4 Å². The molecule has 0 saturated carbocycles. The molecule has 2 atom stereocenters. The Kier molecular flexibility index (Phi) is 7.59. The Hall–Kier alpha value is -3.23. The minimum Gasteiger partial charge on any atom is -0.464 e. The van der Waals surface area contributed by atoms with Gasteiger partial charge < -0.3 is 10.1 Å². The minimum absolute atomic E-state index is 0.0218. The maximum absolute atomic E-state index is 13.2. The lowest BCUT2D eigenvalue weighted by Crippen LogP contribution is -2.43. The second-order valence-corrected chi connectivity index (χ2v) is 8.94. The van der Waals surface area contributed by atoms with E-state index in [1.165, 1.54) is 18.2 Å². The van der Waals surface area contributed by atoms with Crippen molar-refractivity contribution in [3.8, 4) is 0 Å². The van der Waals surface area contributed by atoms with E-state index in [9.17, 15) is 9.59 Å². The van der Waals surface area contributed by atoms with Crippen LogP contribution < -0.4 is 5.32 Å². The van der Waals surface area contributed by atoms with Gasteiger partial charge in [0.15, 0.2) is 5.69 Å². The molecule has 3 aromatic rings. The van der Waals surface area contributed by atoms with Crippen LogP contribution in [0.4, 0.5) is 0 Å². The standard InChI is InChI=1S/C25H28ClN5O3/c1-17-6-3-4-8-19(17)14-30-15-21(31-16-22(28-29-31)25(33)34-2)13-23(30)24(32)27-11-10-18-7-5-9-20(26)12-18/h3-9,12,16,21,23H,10-11,13-15H2,1-2H3,(H,27,32)/t21-,23+/m1/s1. The molecule has 0 unspecified atom stereocenters. The van der Waals surface area contributed by atoms with Gasteiger partial charge in [0.25, 0.3) is 0 Å². The second kappa shape index (κ2) is 10.8. The quantitative estimate of drug-likeness (QED) is 0.497. The van der Waals surface area contributed by atoms with E-state index in [0.717, 1.165) is 5.56 Å². The van der Waals surface area contributed by atoms with Gasteiger partial charge in [-0.15, -0.1) is 5.10 Å². The Morgan fingerprint density at radius 2 is 2.03 bits per heavy atom. The number of halogens is 1. The molecule has 1 aliphatic rings. The van der Waals surface area contributed by atoms with Crippen molar-refractivity contribution >= 4 is 23.5 Å². The number of amides is 1. The van der Waals surface area contributed by atoms with Crippen molar-refractivity contribution < 1.29 is 14.3 Å². The summed E-state index contributed by atoms with van der Waals surface area (Å²) < 4.78 is 6.40. The topological polar surface area (TPSA) is 89.4 Å². The molecule has 1 amide bonds. The summed E-state index contributed by atoms with van der Waals surface area (Å²) in [4.78, 5) is 27.2. The number of aryl methyl sites for hydroxylation is 1. The zero-order valence-electron chi connectivity index (χ0n) is 19.3. The van der Waals surface area contributed by atoms with Crippen molar-refractivity contribution in [2.24, 2.45) is 0 Å². The van der Waals surface area contributed by atoms with Gasteiger partial charge >= 0.3 is 5.97 Å².